The van der Waals surface area contributed by atoms with E-state index in [2.05, 4.69) is 22.1 Å². The minimum Gasteiger partial charge on any atom is -0.451 e. The number of carbonyl (C=O) groups excluding carboxylic acids is 2. The molecule has 0 aliphatic carbocycles. The third-order valence-corrected chi connectivity index (χ3v) is 6.05. The van der Waals surface area contributed by atoms with Crippen molar-refractivity contribution in [2.45, 2.75) is 31.8 Å². The van der Waals surface area contributed by atoms with E-state index in [4.69, 9.17) is 4.42 Å². The molecule has 26 heavy (non-hydrogen) atoms. The average Bonchev–Trinajstić information content (AvgIpc) is 3.42. The zero-order valence-electron chi connectivity index (χ0n) is 14.8. The minimum atomic E-state index is -0.173. The van der Waals surface area contributed by atoms with Gasteiger partial charge >= 0.3 is 0 Å². The van der Waals surface area contributed by atoms with E-state index in [1.165, 1.54) is 0 Å². The van der Waals surface area contributed by atoms with Gasteiger partial charge in [-0.15, -0.1) is 0 Å². The van der Waals surface area contributed by atoms with Crippen molar-refractivity contribution in [3.8, 4) is 0 Å². The number of furan rings is 1. The lowest BCUT2D eigenvalue weighted by Crippen LogP contribution is -2.62. The van der Waals surface area contributed by atoms with Gasteiger partial charge in [0, 0.05) is 42.8 Å². The molecule has 2 amide bonds. The molecule has 7 heteroatoms. The van der Waals surface area contributed by atoms with E-state index in [-0.39, 0.29) is 17.9 Å². The molecule has 0 unspecified atom stereocenters. The lowest BCUT2D eigenvalue weighted by molar-refractivity contribution is 0.0216. The number of fused-ring (bicyclic) bond motifs is 4. The van der Waals surface area contributed by atoms with Gasteiger partial charge in [0.05, 0.1) is 0 Å². The summed E-state index contributed by atoms with van der Waals surface area (Å²) in [5, 5.41) is 3.92. The Bertz CT molecular complexity index is 878. The van der Waals surface area contributed by atoms with Crippen LogP contribution in [-0.4, -0.2) is 64.9 Å². The Balaban J connectivity index is 1.36. The molecule has 7 nitrogen and oxygen atoms in total. The Morgan fingerprint density at radius 2 is 1.96 bits per heavy atom. The van der Waals surface area contributed by atoms with Gasteiger partial charge in [-0.05, 0) is 44.8 Å². The molecule has 6 heterocycles. The number of nitrogens with zero attached hydrogens (tertiary/aromatic N) is 3. The first-order valence-electron chi connectivity index (χ1n) is 9.34. The number of hydrogen-bond acceptors (Lipinski definition) is 5. The van der Waals surface area contributed by atoms with Crippen LogP contribution in [0.25, 0.3) is 11.0 Å². The second kappa shape index (κ2) is 5.81. The van der Waals surface area contributed by atoms with E-state index in [1.807, 2.05) is 0 Å². The normalized spacial score (nSPS) is 29.8. The van der Waals surface area contributed by atoms with Crippen LogP contribution in [-0.2, 0) is 0 Å². The number of aromatic nitrogens is 1. The maximum Gasteiger partial charge on any atom is 0.289 e. The molecular formula is C19H22N4O3. The lowest BCUT2D eigenvalue weighted by atomic mass is 9.79. The molecule has 4 aliphatic rings. The van der Waals surface area contributed by atoms with Crippen LogP contribution in [0.3, 0.4) is 0 Å². The highest BCUT2D eigenvalue weighted by Crippen LogP contribution is 2.32. The van der Waals surface area contributed by atoms with Crippen molar-refractivity contribution in [1.82, 2.24) is 20.1 Å². The lowest BCUT2D eigenvalue weighted by Gasteiger charge is -2.49. The molecule has 0 saturated carbocycles. The van der Waals surface area contributed by atoms with Gasteiger partial charge < -0.3 is 14.6 Å². The molecule has 0 spiro atoms. The van der Waals surface area contributed by atoms with Crippen LogP contribution in [0.4, 0.5) is 0 Å². The molecule has 4 fully saturated rings. The van der Waals surface area contributed by atoms with Gasteiger partial charge in [-0.3, -0.25) is 19.5 Å². The summed E-state index contributed by atoms with van der Waals surface area (Å²) in [7, 11) is 0. The third-order valence-electron chi connectivity index (χ3n) is 6.05. The maximum atomic E-state index is 12.7. The fourth-order valence-corrected chi connectivity index (χ4v) is 4.34. The second-order valence-corrected chi connectivity index (χ2v) is 7.62. The second-order valence-electron chi connectivity index (χ2n) is 7.62. The Hall–Kier alpha value is -2.41. The average molecular weight is 354 g/mol. The number of amides is 2. The van der Waals surface area contributed by atoms with Crippen molar-refractivity contribution in [1.29, 1.82) is 0 Å². The highest BCUT2D eigenvalue weighted by molar-refractivity contribution is 5.99. The van der Waals surface area contributed by atoms with E-state index in [9.17, 15) is 9.59 Å². The van der Waals surface area contributed by atoms with Gasteiger partial charge in [0.25, 0.3) is 11.8 Å². The van der Waals surface area contributed by atoms with Crippen molar-refractivity contribution in [3.05, 3.63) is 29.8 Å². The highest BCUT2D eigenvalue weighted by atomic mass is 16.3. The Labute approximate surface area is 151 Å². The summed E-state index contributed by atoms with van der Waals surface area (Å²) < 4.78 is 5.66. The molecule has 1 N–H and O–H groups in total. The van der Waals surface area contributed by atoms with Crippen molar-refractivity contribution in [2.75, 3.05) is 26.2 Å². The van der Waals surface area contributed by atoms with Crippen LogP contribution in [0, 0.1) is 5.92 Å². The van der Waals surface area contributed by atoms with E-state index in [1.54, 1.807) is 23.2 Å². The summed E-state index contributed by atoms with van der Waals surface area (Å²) in [4.78, 5) is 33.3. The van der Waals surface area contributed by atoms with Gasteiger partial charge in [0.1, 0.15) is 11.3 Å². The zero-order valence-corrected chi connectivity index (χ0v) is 14.8. The number of piperidine rings is 3. The van der Waals surface area contributed by atoms with E-state index < -0.39 is 0 Å². The van der Waals surface area contributed by atoms with E-state index in [0.29, 0.717) is 29.0 Å². The maximum absolute atomic E-state index is 12.7. The van der Waals surface area contributed by atoms with Crippen LogP contribution in [0.1, 0.15) is 40.8 Å². The fraction of sp³-hybridized carbons (Fsp3) is 0.526. The topological polar surface area (TPSA) is 78.5 Å². The van der Waals surface area contributed by atoms with Crippen molar-refractivity contribution >= 4 is 22.8 Å². The largest absolute Gasteiger partial charge is 0.451 e. The first-order valence-corrected chi connectivity index (χ1v) is 9.34. The third kappa shape index (κ3) is 2.58. The Morgan fingerprint density at radius 1 is 1.19 bits per heavy atom. The van der Waals surface area contributed by atoms with Crippen LogP contribution in [0.2, 0.25) is 0 Å². The Kier molecular flexibility index (Phi) is 3.53. The summed E-state index contributed by atoms with van der Waals surface area (Å²) >= 11 is 0. The van der Waals surface area contributed by atoms with Crippen LogP contribution < -0.4 is 5.32 Å². The molecular weight excluding hydrogens is 332 g/mol. The molecule has 2 atom stereocenters. The summed E-state index contributed by atoms with van der Waals surface area (Å²) in [6.07, 6.45) is 3.89. The Morgan fingerprint density at radius 3 is 2.65 bits per heavy atom. The zero-order chi connectivity index (χ0) is 17.8. The summed E-state index contributed by atoms with van der Waals surface area (Å²) in [6.45, 7) is 5.99. The van der Waals surface area contributed by atoms with Gasteiger partial charge in [-0.25, -0.2) is 0 Å². The summed E-state index contributed by atoms with van der Waals surface area (Å²) in [5.74, 6) is 0.576. The van der Waals surface area contributed by atoms with Crippen molar-refractivity contribution < 1.29 is 14.0 Å². The number of carbonyl (C=O) groups is 2. The molecule has 4 aliphatic heterocycles. The molecule has 2 aromatic rings. The van der Waals surface area contributed by atoms with Gasteiger partial charge in [0.15, 0.2) is 5.76 Å². The fourth-order valence-electron chi connectivity index (χ4n) is 4.34. The van der Waals surface area contributed by atoms with E-state index >= 15 is 0 Å². The first-order chi connectivity index (χ1) is 12.6. The van der Waals surface area contributed by atoms with Crippen LogP contribution in [0.15, 0.2) is 22.7 Å². The standard InChI is InChI=1S/C19H22N4O3/c1-11-17(12-2-4-22(11)5-3-12)21-18(24)14-9-15-13(10-20-14)8-16(26-15)19(25)23-6-7-23/h8-12,17H,2-7H2,1H3,(H,21,24)/t11-,17-/m0/s1. The molecule has 2 aromatic heterocycles. The molecule has 0 radical (unpaired) electrons. The van der Waals surface area contributed by atoms with Crippen LogP contribution in [0.5, 0.6) is 0 Å². The van der Waals surface area contributed by atoms with Crippen LogP contribution >= 0.6 is 0 Å². The number of nitrogens with one attached hydrogen (secondary N) is 1. The number of rotatable bonds is 3. The van der Waals surface area contributed by atoms with Gasteiger partial charge in [0.2, 0.25) is 0 Å². The monoisotopic (exact) mass is 354 g/mol. The van der Waals surface area contributed by atoms with Gasteiger partial charge in [-0.2, -0.15) is 0 Å². The molecule has 2 bridgehead atoms. The first kappa shape index (κ1) is 15.8. The predicted octanol–water partition coefficient (Wildman–Crippen LogP) is 1.50. The van der Waals surface area contributed by atoms with Crippen molar-refractivity contribution in [2.24, 2.45) is 5.92 Å². The molecule has 0 aromatic carbocycles. The van der Waals surface area contributed by atoms with Crippen molar-refractivity contribution in [3.63, 3.8) is 0 Å². The number of pyridine rings is 1. The SMILES string of the molecule is C[C@H]1[C@H](NC(=O)c2cc3oc(C(=O)N4CC4)cc3cn2)C2CCN1CC2. The summed E-state index contributed by atoms with van der Waals surface area (Å²) in [5.41, 5.74) is 0.860. The molecule has 4 saturated heterocycles. The number of hydrogen-bond donors (Lipinski definition) is 1. The van der Waals surface area contributed by atoms with E-state index in [0.717, 1.165) is 44.4 Å². The highest BCUT2D eigenvalue weighted by Gasteiger charge is 2.40. The summed E-state index contributed by atoms with van der Waals surface area (Å²) in [6, 6.07) is 3.85. The van der Waals surface area contributed by atoms with Gasteiger partial charge in [-0.1, -0.05) is 0 Å². The predicted molar refractivity (Wildman–Crippen MR) is 94.9 cm³/mol. The quantitative estimate of drug-likeness (QED) is 0.845. The molecule has 136 valence electrons. The molecule has 6 rings (SSSR count). The minimum absolute atomic E-state index is 0.103. The smallest absolute Gasteiger partial charge is 0.289 e.